The van der Waals surface area contributed by atoms with Crippen molar-refractivity contribution in [3.63, 3.8) is 0 Å². The SMILES string of the molecule is C#Cc1ccc(C)c(C(=O)NCCCNC(=O)OC(C)(C)C)c1. The van der Waals surface area contributed by atoms with E-state index in [0.29, 0.717) is 30.6 Å². The first-order valence-corrected chi connectivity index (χ1v) is 7.55. The Labute approximate surface area is 137 Å². The summed E-state index contributed by atoms with van der Waals surface area (Å²) in [6, 6.07) is 5.33. The molecule has 5 heteroatoms. The van der Waals surface area contributed by atoms with Crippen LogP contribution < -0.4 is 10.6 Å². The Kier molecular flexibility index (Phi) is 6.65. The van der Waals surface area contributed by atoms with Crippen LogP contribution >= 0.6 is 0 Å². The van der Waals surface area contributed by atoms with E-state index in [9.17, 15) is 9.59 Å². The number of terminal acetylenes is 1. The molecule has 0 aliphatic carbocycles. The summed E-state index contributed by atoms with van der Waals surface area (Å²) < 4.78 is 5.12. The van der Waals surface area contributed by atoms with Gasteiger partial charge in [-0.15, -0.1) is 6.42 Å². The van der Waals surface area contributed by atoms with Crippen molar-refractivity contribution < 1.29 is 14.3 Å². The summed E-state index contributed by atoms with van der Waals surface area (Å²) in [5, 5.41) is 5.46. The topological polar surface area (TPSA) is 67.4 Å². The Bertz CT molecular complexity index is 610. The Morgan fingerprint density at radius 2 is 1.87 bits per heavy atom. The minimum atomic E-state index is -0.516. The van der Waals surface area contributed by atoms with Gasteiger partial charge >= 0.3 is 6.09 Å². The highest BCUT2D eigenvalue weighted by Gasteiger charge is 2.15. The summed E-state index contributed by atoms with van der Waals surface area (Å²) in [4.78, 5) is 23.6. The van der Waals surface area contributed by atoms with Gasteiger partial charge in [-0.3, -0.25) is 4.79 Å². The van der Waals surface area contributed by atoms with Crippen LogP contribution in [0, 0.1) is 19.3 Å². The van der Waals surface area contributed by atoms with E-state index >= 15 is 0 Å². The molecule has 0 saturated carbocycles. The summed E-state index contributed by atoms with van der Waals surface area (Å²) >= 11 is 0. The van der Waals surface area contributed by atoms with Gasteiger partial charge in [0.15, 0.2) is 0 Å². The van der Waals surface area contributed by atoms with Crippen molar-refractivity contribution >= 4 is 12.0 Å². The van der Waals surface area contributed by atoms with Crippen molar-refractivity contribution in [1.29, 1.82) is 0 Å². The smallest absolute Gasteiger partial charge is 0.407 e. The highest BCUT2D eigenvalue weighted by Crippen LogP contribution is 2.10. The number of carbonyl (C=O) groups excluding carboxylic acids is 2. The van der Waals surface area contributed by atoms with Gasteiger partial charge in [-0.05, 0) is 51.8 Å². The fourth-order valence-corrected chi connectivity index (χ4v) is 1.85. The van der Waals surface area contributed by atoms with Crippen LogP contribution in [0.2, 0.25) is 0 Å². The lowest BCUT2D eigenvalue weighted by molar-refractivity contribution is 0.0527. The summed E-state index contributed by atoms with van der Waals surface area (Å²) in [5.74, 6) is 2.35. The van der Waals surface area contributed by atoms with E-state index in [-0.39, 0.29) is 5.91 Å². The maximum atomic E-state index is 12.1. The molecule has 0 aromatic heterocycles. The van der Waals surface area contributed by atoms with Gasteiger partial charge in [-0.1, -0.05) is 12.0 Å². The van der Waals surface area contributed by atoms with Crippen molar-refractivity contribution in [3.05, 3.63) is 34.9 Å². The number of aryl methyl sites for hydroxylation is 1. The molecular formula is C18H24N2O3. The molecule has 124 valence electrons. The number of carbonyl (C=O) groups is 2. The largest absolute Gasteiger partial charge is 0.444 e. The lowest BCUT2D eigenvalue weighted by Crippen LogP contribution is -2.34. The summed E-state index contributed by atoms with van der Waals surface area (Å²) in [6.07, 6.45) is 5.50. The van der Waals surface area contributed by atoms with E-state index in [1.165, 1.54) is 0 Å². The Morgan fingerprint density at radius 3 is 2.48 bits per heavy atom. The first-order chi connectivity index (χ1) is 10.7. The fourth-order valence-electron chi connectivity index (χ4n) is 1.85. The monoisotopic (exact) mass is 316 g/mol. The molecule has 0 saturated heterocycles. The number of rotatable bonds is 5. The molecule has 1 rings (SSSR count). The predicted octanol–water partition coefficient (Wildman–Crippen LogP) is 2.62. The van der Waals surface area contributed by atoms with Gasteiger partial charge < -0.3 is 15.4 Å². The van der Waals surface area contributed by atoms with E-state index in [0.717, 1.165) is 5.56 Å². The Balaban J connectivity index is 2.35. The maximum absolute atomic E-state index is 12.1. The van der Waals surface area contributed by atoms with E-state index in [2.05, 4.69) is 16.6 Å². The van der Waals surface area contributed by atoms with Crippen molar-refractivity contribution in [2.75, 3.05) is 13.1 Å². The zero-order valence-electron chi connectivity index (χ0n) is 14.2. The molecule has 1 aromatic carbocycles. The van der Waals surface area contributed by atoms with E-state index in [4.69, 9.17) is 11.2 Å². The number of ether oxygens (including phenoxy) is 1. The van der Waals surface area contributed by atoms with Gasteiger partial charge in [0.25, 0.3) is 5.91 Å². The lowest BCUT2D eigenvalue weighted by Gasteiger charge is -2.19. The molecule has 2 N–H and O–H groups in total. The van der Waals surface area contributed by atoms with Gasteiger partial charge in [0.2, 0.25) is 0 Å². The van der Waals surface area contributed by atoms with Crippen molar-refractivity contribution in [1.82, 2.24) is 10.6 Å². The molecule has 0 aliphatic heterocycles. The Morgan fingerprint density at radius 1 is 1.22 bits per heavy atom. The zero-order chi connectivity index (χ0) is 17.5. The molecule has 0 bridgehead atoms. The first-order valence-electron chi connectivity index (χ1n) is 7.55. The van der Waals surface area contributed by atoms with Gasteiger partial charge in [0.1, 0.15) is 5.60 Å². The average molecular weight is 316 g/mol. The fraction of sp³-hybridized carbons (Fsp3) is 0.444. The van der Waals surface area contributed by atoms with Crippen LogP contribution in [0.4, 0.5) is 4.79 Å². The molecule has 0 atom stereocenters. The number of hydrogen-bond acceptors (Lipinski definition) is 3. The number of alkyl carbamates (subject to hydrolysis) is 1. The van der Waals surface area contributed by atoms with Crippen LogP contribution in [0.3, 0.4) is 0 Å². The third kappa shape index (κ3) is 6.88. The molecule has 1 aromatic rings. The van der Waals surface area contributed by atoms with Gasteiger partial charge in [0.05, 0.1) is 0 Å². The van der Waals surface area contributed by atoms with Gasteiger partial charge in [0, 0.05) is 24.2 Å². The number of amides is 2. The molecule has 0 fully saturated rings. The standard InChI is InChI=1S/C18H24N2O3/c1-6-14-9-8-13(2)15(12-14)16(21)19-10-7-11-20-17(22)23-18(3,4)5/h1,8-9,12H,7,10-11H2,2-5H3,(H,19,21)(H,20,22). The lowest BCUT2D eigenvalue weighted by atomic mass is 10.0. The van der Waals surface area contributed by atoms with E-state index < -0.39 is 11.7 Å². The molecular weight excluding hydrogens is 292 g/mol. The van der Waals surface area contributed by atoms with Crippen molar-refractivity contribution in [2.24, 2.45) is 0 Å². The molecule has 0 unspecified atom stereocenters. The van der Waals surface area contributed by atoms with E-state index in [1.54, 1.807) is 32.9 Å². The van der Waals surface area contributed by atoms with Gasteiger partial charge in [-0.2, -0.15) is 0 Å². The van der Waals surface area contributed by atoms with Crippen LogP contribution in [0.25, 0.3) is 0 Å². The minimum absolute atomic E-state index is 0.170. The molecule has 23 heavy (non-hydrogen) atoms. The molecule has 0 spiro atoms. The second-order valence-corrected chi connectivity index (χ2v) is 6.21. The van der Waals surface area contributed by atoms with Crippen LogP contribution in [0.15, 0.2) is 18.2 Å². The summed E-state index contributed by atoms with van der Waals surface area (Å²) in [6.45, 7) is 8.16. The summed E-state index contributed by atoms with van der Waals surface area (Å²) in [5.41, 5.74) is 1.60. The summed E-state index contributed by atoms with van der Waals surface area (Å²) in [7, 11) is 0. The minimum Gasteiger partial charge on any atom is -0.444 e. The number of nitrogens with one attached hydrogen (secondary N) is 2. The third-order valence-electron chi connectivity index (χ3n) is 2.96. The van der Waals surface area contributed by atoms with Crippen LogP contribution in [0.5, 0.6) is 0 Å². The van der Waals surface area contributed by atoms with Crippen LogP contribution in [0.1, 0.15) is 48.7 Å². The second kappa shape index (κ2) is 8.23. The number of benzene rings is 1. The average Bonchev–Trinajstić information content (AvgIpc) is 2.45. The molecule has 0 aliphatic rings. The molecule has 2 amide bonds. The van der Waals surface area contributed by atoms with Crippen LogP contribution in [-0.2, 0) is 4.74 Å². The zero-order valence-corrected chi connectivity index (χ0v) is 14.2. The first kappa shape index (κ1) is 18.6. The van der Waals surface area contributed by atoms with Crippen molar-refractivity contribution in [3.8, 4) is 12.3 Å². The van der Waals surface area contributed by atoms with Crippen LogP contribution in [-0.4, -0.2) is 30.7 Å². The highest BCUT2D eigenvalue weighted by molar-refractivity contribution is 5.96. The highest BCUT2D eigenvalue weighted by atomic mass is 16.6. The molecule has 5 nitrogen and oxygen atoms in total. The normalized spacial score (nSPS) is 10.6. The maximum Gasteiger partial charge on any atom is 0.407 e. The predicted molar refractivity (Wildman–Crippen MR) is 90.3 cm³/mol. The molecule has 0 radical (unpaired) electrons. The number of hydrogen-bond donors (Lipinski definition) is 2. The molecule has 0 heterocycles. The van der Waals surface area contributed by atoms with E-state index in [1.807, 2.05) is 13.0 Å². The Hall–Kier alpha value is -2.48. The second-order valence-electron chi connectivity index (χ2n) is 6.21. The van der Waals surface area contributed by atoms with Crippen molar-refractivity contribution in [2.45, 2.75) is 39.7 Å². The quantitative estimate of drug-likeness (QED) is 0.648. The third-order valence-corrected chi connectivity index (χ3v) is 2.96. The van der Waals surface area contributed by atoms with Gasteiger partial charge in [-0.25, -0.2) is 4.79 Å².